The molecule has 1 aliphatic carbocycles. The standard InChI is InChI=1S/C14H24N4O2S/c1-2-4-11-6-8-12(9-7-11)18-21(19,20)13-5-3-10-16-14(13)17-15/h3,5,10-12,18H,2,4,6-9,15H2,1H3,(H,16,17). The summed E-state index contributed by atoms with van der Waals surface area (Å²) in [5, 5.41) is 0. The Bertz CT molecular complexity index is 554. The molecule has 1 fully saturated rings. The highest BCUT2D eigenvalue weighted by molar-refractivity contribution is 7.89. The summed E-state index contributed by atoms with van der Waals surface area (Å²) in [7, 11) is -3.59. The SMILES string of the molecule is CCCC1CCC(NS(=O)(=O)c2cccnc2NN)CC1. The van der Waals surface area contributed by atoms with Crippen LogP contribution >= 0.6 is 0 Å². The highest BCUT2D eigenvalue weighted by Gasteiger charge is 2.27. The number of anilines is 1. The van der Waals surface area contributed by atoms with E-state index in [1.165, 1.54) is 25.1 Å². The van der Waals surface area contributed by atoms with Gasteiger partial charge in [0.05, 0.1) is 0 Å². The smallest absolute Gasteiger partial charge is 0.244 e. The first-order valence-corrected chi connectivity index (χ1v) is 8.99. The van der Waals surface area contributed by atoms with Crippen molar-refractivity contribution in [2.45, 2.75) is 56.4 Å². The molecule has 0 atom stereocenters. The number of sulfonamides is 1. The summed E-state index contributed by atoms with van der Waals surface area (Å²) in [6, 6.07) is 3.11. The lowest BCUT2D eigenvalue weighted by Crippen LogP contribution is -2.38. The van der Waals surface area contributed by atoms with E-state index in [-0.39, 0.29) is 16.8 Å². The van der Waals surface area contributed by atoms with E-state index in [4.69, 9.17) is 5.84 Å². The van der Waals surface area contributed by atoms with Gasteiger partial charge in [0, 0.05) is 12.2 Å². The molecule has 2 rings (SSSR count). The van der Waals surface area contributed by atoms with Crippen LogP contribution in [0.5, 0.6) is 0 Å². The zero-order chi connectivity index (χ0) is 15.3. The van der Waals surface area contributed by atoms with Crippen molar-refractivity contribution in [2.75, 3.05) is 5.43 Å². The highest BCUT2D eigenvalue weighted by Crippen LogP contribution is 2.29. The molecule has 7 heteroatoms. The van der Waals surface area contributed by atoms with Gasteiger partial charge in [0.2, 0.25) is 10.0 Å². The van der Waals surface area contributed by atoms with Gasteiger partial charge in [-0.3, -0.25) is 0 Å². The molecule has 0 radical (unpaired) electrons. The van der Waals surface area contributed by atoms with E-state index in [0.717, 1.165) is 31.6 Å². The number of rotatable bonds is 6. The molecule has 21 heavy (non-hydrogen) atoms. The van der Waals surface area contributed by atoms with Gasteiger partial charge in [-0.15, -0.1) is 0 Å². The third kappa shape index (κ3) is 4.15. The van der Waals surface area contributed by atoms with Crippen LogP contribution in [0.4, 0.5) is 5.82 Å². The van der Waals surface area contributed by atoms with E-state index >= 15 is 0 Å². The molecule has 1 aromatic rings. The summed E-state index contributed by atoms with van der Waals surface area (Å²) in [5.41, 5.74) is 2.33. The first-order chi connectivity index (χ1) is 10.1. The first kappa shape index (κ1) is 16.2. The van der Waals surface area contributed by atoms with Crippen molar-refractivity contribution in [3.63, 3.8) is 0 Å². The fourth-order valence-electron chi connectivity index (χ4n) is 2.98. The van der Waals surface area contributed by atoms with Crippen LogP contribution in [-0.4, -0.2) is 19.4 Å². The van der Waals surface area contributed by atoms with Crippen molar-refractivity contribution in [1.82, 2.24) is 9.71 Å². The van der Waals surface area contributed by atoms with Crippen LogP contribution in [0.3, 0.4) is 0 Å². The van der Waals surface area contributed by atoms with Crippen LogP contribution in [-0.2, 0) is 10.0 Å². The predicted molar refractivity (Wildman–Crippen MR) is 83.0 cm³/mol. The summed E-state index contributed by atoms with van der Waals surface area (Å²) in [4.78, 5) is 4.04. The van der Waals surface area contributed by atoms with Gasteiger partial charge in [-0.1, -0.05) is 19.8 Å². The number of nitrogens with one attached hydrogen (secondary N) is 2. The number of nitrogens with two attached hydrogens (primary N) is 1. The molecule has 1 saturated carbocycles. The number of nitrogen functional groups attached to an aromatic ring is 1. The average molecular weight is 312 g/mol. The second-order valence-corrected chi connectivity index (χ2v) is 7.30. The lowest BCUT2D eigenvalue weighted by atomic mass is 9.84. The molecule has 0 bridgehead atoms. The van der Waals surface area contributed by atoms with Gasteiger partial charge in [-0.05, 0) is 43.7 Å². The lowest BCUT2D eigenvalue weighted by Gasteiger charge is -2.28. The van der Waals surface area contributed by atoms with Crippen LogP contribution in [0, 0.1) is 5.92 Å². The lowest BCUT2D eigenvalue weighted by molar-refractivity contribution is 0.297. The Morgan fingerprint density at radius 1 is 1.33 bits per heavy atom. The molecule has 0 aliphatic heterocycles. The summed E-state index contributed by atoms with van der Waals surface area (Å²) < 4.78 is 27.7. The fourth-order valence-corrected chi connectivity index (χ4v) is 4.40. The molecule has 1 aromatic heterocycles. The Morgan fingerprint density at radius 2 is 2.05 bits per heavy atom. The third-order valence-corrected chi connectivity index (χ3v) is 5.61. The van der Waals surface area contributed by atoms with Gasteiger partial charge in [-0.2, -0.15) is 0 Å². The average Bonchev–Trinajstić information content (AvgIpc) is 2.49. The molecule has 118 valence electrons. The summed E-state index contributed by atoms with van der Waals surface area (Å²) in [6.07, 6.45) is 7.92. The van der Waals surface area contributed by atoms with Gasteiger partial charge in [0.25, 0.3) is 0 Å². The maximum atomic E-state index is 12.4. The van der Waals surface area contributed by atoms with Crippen molar-refractivity contribution in [3.8, 4) is 0 Å². The molecule has 6 nitrogen and oxygen atoms in total. The Balaban J connectivity index is 2.02. The monoisotopic (exact) mass is 312 g/mol. The minimum absolute atomic E-state index is 0.00827. The summed E-state index contributed by atoms with van der Waals surface area (Å²) in [5.74, 6) is 6.24. The van der Waals surface area contributed by atoms with Crippen LogP contribution in [0.15, 0.2) is 23.2 Å². The van der Waals surface area contributed by atoms with E-state index in [2.05, 4.69) is 22.1 Å². The first-order valence-electron chi connectivity index (χ1n) is 7.50. The number of nitrogens with zero attached hydrogens (tertiary/aromatic N) is 1. The van der Waals surface area contributed by atoms with Crippen LogP contribution in [0.25, 0.3) is 0 Å². The van der Waals surface area contributed by atoms with Gasteiger partial charge in [-0.25, -0.2) is 24.0 Å². The largest absolute Gasteiger partial charge is 0.307 e. The minimum atomic E-state index is -3.59. The topological polar surface area (TPSA) is 97.1 Å². The number of hydrogen-bond donors (Lipinski definition) is 3. The number of aromatic nitrogens is 1. The quantitative estimate of drug-likeness (QED) is 0.551. The van der Waals surface area contributed by atoms with Crippen molar-refractivity contribution in [2.24, 2.45) is 11.8 Å². The van der Waals surface area contributed by atoms with Crippen molar-refractivity contribution >= 4 is 15.8 Å². The van der Waals surface area contributed by atoms with Gasteiger partial charge in [0.1, 0.15) is 4.90 Å². The van der Waals surface area contributed by atoms with E-state index in [9.17, 15) is 8.42 Å². The number of hydrogen-bond acceptors (Lipinski definition) is 5. The molecule has 0 amide bonds. The zero-order valence-corrected chi connectivity index (χ0v) is 13.2. The van der Waals surface area contributed by atoms with Gasteiger partial charge in [0.15, 0.2) is 5.82 Å². The molecule has 0 saturated heterocycles. The third-order valence-electron chi connectivity index (χ3n) is 4.06. The maximum absolute atomic E-state index is 12.4. The van der Waals surface area contributed by atoms with Crippen LogP contribution < -0.4 is 16.0 Å². The van der Waals surface area contributed by atoms with Crippen molar-refractivity contribution in [3.05, 3.63) is 18.3 Å². The maximum Gasteiger partial charge on any atom is 0.244 e. The van der Waals surface area contributed by atoms with Crippen molar-refractivity contribution < 1.29 is 8.42 Å². The fraction of sp³-hybridized carbons (Fsp3) is 0.643. The summed E-state index contributed by atoms with van der Waals surface area (Å²) >= 11 is 0. The van der Waals surface area contributed by atoms with Gasteiger partial charge >= 0.3 is 0 Å². The Morgan fingerprint density at radius 3 is 2.67 bits per heavy atom. The Kier molecular flexibility index (Phi) is 5.55. The summed E-state index contributed by atoms with van der Waals surface area (Å²) in [6.45, 7) is 2.19. The molecular weight excluding hydrogens is 288 g/mol. The number of hydrazine groups is 1. The van der Waals surface area contributed by atoms with Crippen LogP contribution in [0.2, 0.25) is 0 Å². The second kappa shape index (κ2) is 7.20. The molecule has 1 aliphatic rings. The molecule has 0 unspecified atom stereocenters. The van der Waals surface area contributed by atoms with E-state index in [1.807, 2.05) is 0 Å². The molecule has 0 spiro atoms. The normalized spacial score (nSPS) is 23.0. The predicted octanol–water partition coefficient (Wildman–Crippen LogP) is 2.00. The van der Waals surface area contributed by atoms with Crippen molar-refractivity contribution in [1.29, 1.82) is 0 Å². The number of pyridine rings is 1. The molecule has 1 heterocycles. The van der Waals surface area contributed by atoms with E-state index < -0.39 is 10.0 Å². The molecular formula is C14H24N4O2S. The van der Waals surface area contributed by atoms with Crippen LogP contribution in [0.1, 0.15) is 45.4 Å². The molecule has 0 aromatic carbocycles. The second-order valence-electron chi connectivity index (χ2n) is 5.62. The van der Waals surface area contributed by atoms with E-state index in [0.29, 0.717) is 0 Å². The van der Waals surface area contributed by atoms with Gasteiger partial charge < -0.3 is 5.43 Å². The minimum Gasteiger partial charge on any atom is -0.307 e. The molecule has 4 N–H and O–H groups in total. The highest BCUT2D eigenvalue weighted by atomic mass is 32.2. The Hall–Kier alpha value is -1.18. The van der Waals surface area contributed by atoms with E-state index in [1.54, 1.807) is 6.07 Å². The zero-order valence-electron chi connectivity index (χ0n) is 12.4. The Labute approximate surface area is 126 Å².